The van der Waals surface area contributed by atoms with Crippen molar-refractivity contribution in [1.29, 1.82) is 0 Å². The second-order valence-corrected chi connectivity index (χ2v) is 12.0. The van der Waals surface area contributed by atoms with Gasteiger partial charge in [0.1, 0.15) is 21.6 Å². The number of halogens is 3. The number of carbonyl (C=O) groups is 2. The van der Waals surface area contributed by atoms with Crippen molar-refractivity contribution in [3.8, 4) is 11.5 Å². The smallest absolute Gasteiger partial charge is 0.311 e. The Labute approximate surface area is 215 Å². The molecule has 2 rings (SSSR count). The molecule has 7 nitrogen and oxygen atoms in total. The van der Waals surface area contributed by atoms with Gasteiger partial charge in [-0.15, -0.1) is 0 Å². The number of hydrogen-bond donors (Lipinski definition) is 0. The van der Waals surface area contributed by atoms with Crippen LogP contribution in [0.5, 0.6) is 11.5 Å². The highest BCUT2D eigenvalue weighted by Gasteiger charge is 2.28. The molecule has 0 heterocycles. The summed E-state index contributed by atoms with van der Waals surface area (Å²) in [6.45, 7) is 3.48. The van der Waals surface area contributed by atoms with Crippen LogP contribution in [0.1, 0.15) is 26.7 Å². The fourth-order valence-electron chi connectivity index (χ4n) is 2.52. The summed E-state index contributed by atoms with van der Waals surface area (Å²) in [5.74, 6) is -0.510. The lowest BCUT2D eigenvalue weighted by molar-refractivity contribution is -0.140. The minimum atomic E-state index is -4.64. The quantitative estimate of drug-likeness (QED) is 0.174. The van der Waals surface area contributed by atoms with E-state index in [4.69, 9.17) is 9.47 Å². The molecule has 0 saturated carbocycles. The van der Waals surface area contributed by atoms with E-state index in [1.807, 2.05) is 12.1 Å². The van der Waals surface area contributed by atoms with Crippen LogP contribution in [0, 0.1) is 16.1 Å². The number of benzene rings is 2. The molecule has 11 heteroatoms. The Kier molecular flexibility index (Phi) is 8.92. The normalized spacial score (nSPS) is 11.8. The highest BCUT2D eigenvalue weighted by Crippen LogP contribution is 2.31. The highest BCUT2D eigenvalue weighted by molar-refractivity contribution is 14.1. The third-order valence-electron chi connectivity index (χ3n) is 3.74. The Bertz CT molecular complexity index is 1040. The van der Waals surface area contributed by atoms with E-state index in [1.54, 1.807) is 71.2 Å². The molecule has 0 unspecified atom stereocenters. The summed E-state index contributed by atoms with van der Waals surface area (Å²) < 4.78 is 45.9. The molecule has 162 valence electrons. The summed E-state index contributed by atoms with van der Waals surface area (Å²) >= 11 is 5.55. The summed E-state index contributed by atoms with van der Waals surface area (Å²) in [6.07, 6.45) is -0.0694. The molecule has 0 atom stereocenters. The number of esters is 2. The molecule has 30 heavy (non-hydrogen) atoms. The third-order valence-corrected chi connectivity index (χ3v) is 7.84. The summed E-state index contributed by atoms with van der Waals surface area (Å²) in [7, 11) is -4.64. The number of rotatable bonds is 7. The van der Waals surface area contributed by atoms with Gasteiger partial charge in [0.05, 0.1) is 17.7 Å². The van der Waals surface area contributed by atoms with E-state index < -0.39 is 27.5 Å². The third kappa shape index (κ3) is 7.87. The van der Waals surface area contributed by atoms with Crippen LogP contribution in [0.15, 0.2) is 41.3 Å². The van der Waals surface area contributed by atoms with Crippen LogP contribution in [0.4, 0.5) is 0 Å². The molecule has 0 aliphatic rings. The minimum absolute atomic E-state index is 0.00345. The van der Waals surface area contributed by atoms with E-state index in [2.05, 4.69) is 22.6 Å². The zero-order chi connectivity index (χ0) is 22.7. The van der Waals surface area contributed by atoms with Gasteiger partial charge in [0.2, 0.25) is 0 Å². The van der Waals surface area contributed by atoms with Gasteiger partial charge in [-0.3, -0.25) is 9.59 Å². The van der Waals surface area contributed by atoms with Crippen molar-refractivity contribution < 1.29 is 32.0 Å². The van der Waals surface area contributed by atoms with Crippen LogP contribution in [0.2, 0.25) is 0 Å². The van der Waals surface area contributed by atoms with Gasteiger partial charge in [-0.2, -0.15) is 0 Å². The maximum Gasteiger partial charge on any atom is 0.311 e. The monoisotopic (exact) mass is 769 g/mol. The van der Waals surface area contributed by atoms with Crippen molar-refractivity contribution >= 4 is 89.8 Å². The Morgan fingerprint density at radius 2 is 1.33 bits per heavy atom. The zero-order valence-electron chi connectivity index (χ0n) is 15.8. The predicted molar refractivity (Wildman–Crippen MR) is 133 cm³/mol. The molecular formula is C19H16I3O7S-. The lowest BCUT2D eigenvalue weighted by Crippen LogP contribution is -2.25. The summed E-state index contributed by atoms with van der Waals surface area (Å²) in [5, 5.41) is 0. The van der Waals surface area contributed by atoms with Crippen LogP contribution in [-0.2, 0) is 19.7 Å². The van der Waals surface area contributed by atoms with E-state index in [0.29, 0.717) is 5.75 Å². The van der Waals surface area contributed by atoms with Gasteiger partial charge < -0.3 is 14.0 Å². The van der Waals surface area contributed by atoms with Gasteiger partial charge in [0.15, 0.2) is 0 Å². The van der Waals surface area contributed by atoms with Gasteiger partial charge in [-0.05, 0) is 110 Å². The standard InChI is InChI=1S/C19H17I3O7S/c1-19(2,9-16(23)28-12-5-3-11(20)4-6-12)10-17(24)29-13-7-14(21)18(15(22)8-13)30(25,26)27/h3-8H,9-10H2,1-2H3,(H,25,26,27)/p-1. The SMILES string of the molecule is CC(C)(CC(=O)Oc1ccc(I)cc1)CC(=O)Oc1cc(I)c(S(=O)(=O)[O-])c(I)c1. The highest BCUT2D eigenvalue weighted by atomic mass is 127. The predicted octanol–water partition coefficient (Wildman–Crippen LogP) is 4.72. The first-order valence-corrected chi connectivity index (χ1v) is 13.0. The Balaban J connectivity index is 2.00. The summed E-state index contributed by atoms with van der Waals surface area (Å²) in [4.78, 5) is 24.2. The van der Waals surface area contributed by atoms with Crippen molar-refractivity contribution in [2.75, 3.05) is 0 Å². The fourth-order valence-corrected chi connectivity index (χ4v) is 6.80. The van der Waals surface area contributed by atoms with E-state index in [-0.39, 0.29) is 30.6 Å². The Hall–Kier alpha value is -0.520. The van der Waals surface area contributed by atoms with Crippen LogP contribution >= 0.6 is 67.8 Å². The molecule has 2 aromatic rings. The van der Waals surface area contributed by atoms with E-state index in [0.717, 1.165) is 3.57 Å². The molecule has 0 spiro atoms. The molecule has 2 aromatic carbocycles. The summed E-state index contributed by atoms with van der Waals surface area (Å²) in [5.41, 5.74) is -0.726. The second-order valence-electron chi connectivity index (χ2n) is 7.09. The molecule has 0 N–H and O–H groups in total. The Morgan fingerprint density at radius 3 is 1.77 bits per heavy atom. The maximum absolute atomic E-state index is 12.3. The minimum Gasteiger partial charge on any atom is -0.744 e. The van der Waals surface area contributed by atoms with Gasteiger partial charge in [0, 0.05) is 10.7 Å². The average Bonchev–Trinajstić information content (AvgIpc) is 2.53. The van der Waals surface area contributed by atoms with Crippen LogP contribution < -0.4 is 9.47 Å². The first kappa shape index (κ1) is 25.7. The maximum atomic E-state index is 12.3. The number of carbonyl (C=O) groups excluding carboxylic acids is 2. The van der Waals surface area contributed by atoms with Crippen molar-refractivity contribution in [2.24, 2.45) is 5.41 Å². The van der Waals surface area contributed by atoms with Gasteiger partial charge >= 0.3 is 11.9 Å². The van der Waals surface area contributed by atoms with Crippen LogP contribution in [-0.4, -0.2) is 24.9 Å². The Morgan fingerprint density at radius 1 is 0.900 bits per heavy atom. The number of hydrogen-bond acceptors (Lipinski definition) is 7. The molecule has 0 aromatic heterocycles. The lowest BCUT2D eigenvalue weighted by Gasteiger charge is -2.22. The first-order chi connectivity index (χ1) is 13.8. The van der Waals surface area contributed by atoms with Crippen molar-refractivity contribution in [3.63, 3.8) is 0 Å². The molecule has 0 aliphatic carbocycles. The van der Waals surface area contributed by atoms with E-state index >= 15 is 0 Å². The molecule has 0 amide bonds. The topological polar surface area (TPSA) is 110 Å². The van der Waals surface area contributed by atoms with Crippen LogP contribution in [0.3, 0.4) is 0 Å². The van der Waals surface area contributed by atoms with Crippen LogP contribution in [0.25, 0.3) is 0 Å². The molecule has 0 aliphatic heterocycles. The molecular weight excluding hydrogens is 753 g/mol. The molecule has 0 saturated heterocycles. The molecule has 0 radical (unpaired) electrons. The van der Waals surface area contributed by atoms with E-state index in [9.17, 15) is 22.6 Å². The van der Waals surface area contributed by atoms with Gasteiger partial charge in [0.25, 0.3) is 0 Å². The largest absolute Gasteiger partial charge is 0.744 e. The van der Waals surface area contributed by atoms with Gasteiger partial charge in [-0.1, -0.05) is 13.8 Å². The number of ether oxygens (including phenoxy) is 2. The average molecular weight is 769 g/mol. The molecule has 0 bridgehead atoms. The first-order valence-electron chi connectivity index (χ1n) is 8.39. The van der Waals surface area contributed by atoms with Crippen molar-refractivity contribution in [3.05, 3.63) is 47.1 Å². The summed E-state index contributed by atoms with van der Waals surface area (Å²) in [6, 6.07) is 9.63. The van der Waals surface area contributed by atoms with Gasteiger partial charge in [-0.25, -0.2) is 8.42 Å². The zero-order valence-corrected chi connectivity index (χ0v) is 23.1. The molecule has 0 fully saturated rings. The lowest BCUT2D eigenvalue weighted by atomic mass is 9.86. The fraction of sp³-hybridized carbons (Fsp3) is 0.263. The van der Waals surface area contributed by atoms with Crippen molar-refractivity contribution in [2.45, 2.75) is 31.6 Å². The van der Waals surface area contributed by atoms with E-state index in [1.165, 1.54) is 12.1 Å². The van der Waals surface area contributed by atoms with Crippen molar-refractivity contribution in [1.82, 2.24) is 0 Å². The second kappa shape index (κ2) is 10.4.